The molecule has 5 rings (SSSR count). The monoisotopic (exact) mass is 421 g/mol. The van der Waals surface area contributed by atoms with Crippen LogP contribution < -0.4 is 10.5 Å². The molecule has 0 amide bonds. The van der Waals surface area contributed by atoms with E-state index < -0.39 is 5.76 Å². The van der Waals surface area contributed by atoms with Crippen LogP contribution in [0.15, 0.2) is 68.2 Å². The first kappa shape index (κ1) is 18.7. The number of hydrogen-bond acceptors (Lipinski definition) is 7. The number of aryl methyl sites for hydroxylation is 1. The highest BCUT2D eigenvalue weighted by molar-refractivity contribution is 7.99. The Labute approximate surface area is 176 Å². The van der Waals surface area contributed by atoms with Crippen molar-refractivity contribution in [1.29, 1.82) is 0 Å². The van der Waals surface area contributed by atoms with E-state index in [1.54, 1.807) is 25.1 Å². The normalized spacial score (nSPS) is 17.8. The lowest BCUT2D eigenvalue weighted by atomic mass is 10.1. The predicted octanol–water partition coefficient (Wildman–Crippen LogP) is 3.59. The van der Waals surface area contributed by atoms with Crippen LogP contribution in [0.1, 0.15) is 29.7 Å². The molecule has 30 heavy (non-hydrogen) atoms. The summed E-state index contributed by atoms with van der Waals surface area (Å²) >= 11 is 1.56. The van der Waals surface area contributed by atoms with Gasteiger partial charge in [0.2, 0.25) is 5.89 Å². The van der Waals surface area contributed by atoms with Gasteiger partial charge in [-0.25, -0.2) is 19.9 Å². The molecule has 3 heterocycles. The molecule has 1 fully saturated rings. The lowest BCUT2D eigenvalue weighted by Crippen LogP contribution is -1.93. The van der Waals surface area contributed by atoms with Gasteiger partial charge in [-0.2, -0.15) is 0 Å². The third-order valence-electron chi connectivity index (χ3n) is 5.20. The van der Waals surface area contributed by atoms with E-state index >= 15 is 0 Å². The zero-order chi connectivity index (χ0) is 20.7. The Morgan fingerprint density at radius 3 is 2.67 bits per heavy atom. The molecule has 0 radical (unpaired) electrons. The van der Waals surface area contributed by atoms with Gasteiger partial charge in [0.15, 0.2) is 0 Å². The minimum Gasteiger partial charge on any atom is -0.495 e. The third kappa shape index (κ3) is 3.52. The SMILES string of the molecule is COc1ccc(Sc2c(-c3ccc([C@H]4C[C@@H]4c4n[nH]c(=O)o4)cc3)ncn2C)nc1. The zero-order valence-corrected chi connectivity index (χ0v) is 17.2. The second-order valence-electron chi connectivity index (χ2n) is 7.17. The summed E-state index contributed by atoms with van der Waals surface area (Å²) in [5.74, 6) is 1.21. The first-order valence-electron chi connectivity index (χ1n) is 9.47. The minimum atomic E-state index is -0.502. The summed E-state index contributed by atoms with van der Waals surface area (Å²) in [5.41, 5.74) is 3.16. The van der Waals surface area contributed by atoms with Crippen LogP contribution in [-0.4, -0.2) is 31.8 Å². The first-order chi connectivity index (χ1) is 14.6. The Morgan fingerprint density at radius 1 is 1.17 bits per heavy atom. The standard InChI is InChI=1S/C21H19N5O3S/c1-26-11-23-18(20(26)30-17-8-7-14(28-2)10-22-17)13-5-3-12(4-6-13)15-9-16(15)19-24-25-21(27)29-19/h3-8,10-11,15-16H,9H2,1-2H3,(H,25,27)/t15-,16+/m1/s1. The van der Waals surface area contributed by atoms with Crippen molar-refractivity contribution >= 4 is 11.8 Å². The lowest BCUT2D eigenvalue weighted by Gasteiger charge is -2.07. The summed E-state index contributed by atoms with van der Waals surface area (Å²) in [7, 11) is 3.60. The molecule has 1 N–H and O–H groups in total. The zero-order valence-electron chi connectivity index (χ0n) is 16.4. The van der Waals surface area contributed by atoms with Crippen LogP contribution in [0.5, 0.6) is 5.75 Å². The number of aromatic amines is 1. The van der Waals surface area contributed by atoms with E-state index in [1.165, 1.54) is 5.56 Å². The van der Waals surface area contributed by atoms with Crippen LogP contribution in [0, 0.1) is 0 Å². The van der Waals surface area contributed by atoms with Gasteiger partial charge in [-0.3, -0.25) is 0 Å². The molecular formula is C21H19N5O3S. The molecule has 0 unspecified atom stereocenters. The van der Waals surface area contributed by atoms with E-state index in [1.807, 2.05) is 30.1 Å². The highest BCUT2D eigenvalue weighted by atomic mass is 32.2. The molecule has 8 nitrogen and oxygen atoms in total. The summed E-state index contributed by atoms with van der Waals surface area (Å²) in [6.07, 6.45) is 4.45. The lowest BCUT2D eigenvalue weighted by molar-refractivity contribution is 0.412. The van der Waals surface area contributed by atoms with Gasteiger partial charge in [0.1, 0.15) is 21.5 Å². The molecule has 0 spiro atoms. The summed E-state index contributed by atoms with van der Waals surface area (Å²) < 4.78 is 12.3. The number of hydrogen-bond donors (Lipinski definition) is 1. The van der Waals surface area contributed by atoms with Crippen molar-refractivity contribution in [3.05, 3.63) is 70.9 Å². The number of pyridine rings is 1. The van der Waals surface area contributed by atoms with Crippen molar-refractivity contribution in [3.8, 4) is 17.0 Å². The van der Waals surface area contributed by atoms with Crippen molar-refractivity contribution in [2.24, 2.45) is 7.05 Å². The van der Waals surface area contributed by atoms with Gasteiger partial charge in [-0.05, 0) is 41.8 Å². The van der Waals surface area contributed by atoms with Gasteiger partial charge in [0.05, 0.1) is 19.6 Å². The van der Waals surface area contributed by atoms with Gasteiger partial charge < -0.3 is 13.7 Å². The minimum absolute atomic E-state index is 0.164. The molecule has 2 atom stereocenters. The Kier molecular flexibility index (Phi) is 4.66. The van der Waals surface area contributed by atoms with Gasteiger partial charge in [-0.1, -0.05) is 24.3 Å². The van der Waals surface area contributed by atoms with Gasteiger partial charge in [-0.15, -0.1) is 5.10 Å². The summed E-state index contributed by atoms with van der Waals surface area (Å²) in [4.78, 5) is 20.2. The number of nitrogens with zero attached hydrogens (tertiary/aromatic N) is 4. The van der Waals surface area contributed by atoms with Gasteiger partial charge in [0, 0.05) is 18.5 Å². The van der Waals surface area contributed by atoms with E-state index in [0.717, 1.165) is 33.5 Å². The van der Waals surface area contributed by atoms with Crippen molar-refractivity contribution < 1.29 is 9.15 Å². The smallest absolute Gasteiger partial charge is 0.434 e. The van der Waals surface area contributed by atoms with Crippen LogP contribution in [0.2, 0.25) is 0 Å². The van der Waals surface area contributed by atoms with E-state index in [0.29, 0.717) is 11.8 Å². The maximum Gasteiger partial charge on any atom is 0.434 e. The second-order valence-corrected chi connectivity index (χ2v) is 8.18. The van der Waals surface area contributed by atoms with Crippen molar-refractivity contribution in [3.63, 3.8) is 0 Å². The Balaban J connectivity index is 1.35. The molecule has 1 aliphatic rings. The number of imidazole rings is 1. The fraction of sp³-hybridized carbons (Fsp3) is 0.238. The van der Waals surface area contributed by atoms with Crippen molar-refractivity contribution in [2.45, 2.75) is 28.3 Å². The Bertz CT molecular complexity index is 1230. The topological polar surface area (TPSA) is 98.8 Å². The Hall–Kier alpha value is -3.33. The van der Waals surface area contributed by atoms with Crippen LogP contribution in [-0.2, 0) is 7.05 Å². The summed E-state index contributed by atoms with van der Waals surface area (Å²) in [5, 5.41) is 8.17. The molecule has 3 aromatic heterocycles. The maximum absolute atomic E-state index is 11.2. The third-order valence-corrected chi connectivity index (χ3v) is 6.33. The van der Waals surface area contributed by atoms with Crippen LogP contribution in [0.3, 0.4) is 0 Å². The fourth-order valence-corrected chi connectivity index (χ4v) is 4.41. The first-order valence-corrected chi connectivity index (χ1v) is 10.3. The van der Waals surface area contributed by atoms with E-state index in [-0.39, 0.29) is 5.92 Å². The second kappa shape index (κ2) is 7.49. The van der Waals surface area contributed by atoms with E-state index in [2.05, 4.69) is 44.4 Å². The average Bonchev–Trinajstić information content (AvgIpc) is 3.33. The summed E-state index contributed by atoms with van der Waals surface area (Å²) in [6, 6.07) is 12.2. The van der Waals surface area contributed by atoms with Crippen LogP contribution in [0.25, 0.3) is 11.3 Å². The molecule has 0 bridgehead atoms. The number of aromatic nitrogens is 5. The Morgan fingerprint density at radius 2 is 2.00 bits per heavy atom. The van der Waals surface area contributed by atoms with Crippen LogP contribution >= 0.6 is 11.8 Å². The molecule has 1 saturated carbocycles. The molecule has 9 heteroatoms. The number of benzene rings is 1. The predicted molar refractivity (Wildman–Crippen MR) is 111 cm³/mol. The average molecular weight is 421 g/mol. The number of nitrogens with one attached hydrogen (secondary N) is 1. The van der Waals surface area contributed by atoms with Crippen molar-refractivity contribution in [1.82, 2.24) is 24.7 Å². The molecule has 152 valence electrons. The molecule has 0 aliphatic heterocycles. The van der Waals surface area contributed by atoms with E-state index in [9.17, 15) is 4.79 Å². The van der Waals surface area contributed by atoms with Gasteiger partial charge in [0.25, 0.3) is 0 Å². The van der Waals surface area contributed by atoms with Gasteiger partial charge >= 0.3 is 5.76 Å². The largest absolute Gasteiger partial charge is 0.495 e. The highest BCUT2D eigenvalue weighted by Crippen LogP contribution is 2.53. The number of ether oxygens (including phenoxy) is 1. The van der Waals surface area contributed by atoms with Crippen LogP contribution in [0.4, 0.5) is 0 Å². The molecule has 4 aromatic rings. The maximum atomic E-state index is 11.2. The number of H-pyrrole nitrogens is 1. The highest BCUT2D eigenvalue weighted by Gasteiger charge is 2.43. The van der Waals surface area contributed by atoms with E-state index in [4.69, 9.17) is 9.15 Å². The summed E-state index contributed by atoms with van der Waals surface area (Å²) in [6.45, 7) is 0. The van der Waals surface area contributed by atoms with Crippen molar-refractivity contribution in [2.75, 3.05) is 7.11 Å². The number of rotatable bonds is 6. The fourth-order valence-electron chi connectivity index (χ4n) is 3.51. The molecular weight excluding hydrogens is 402 g/mol. The molecule has 1 aromatic carbocycles. The number of methoxy groups -OCH3 is 1. The molecule has 1 aliphatic carbocycles. The quantitative estimate of drug-likeness (QED) is 0.508. The molecule has 0 saturated heterocycles.